The van der Waals surface area contributed by atoms with Gasteiger partial charge in [0.1, 0.15) is 11.5 Å². The van der Waals surface area contributed by atoms with Crippen molar-refractivity contribution in [3.05, 3.63) is 101 Å². The highest BCUT2D eigenvalue weighted by atomic mass is 16.5. The largest absolute Gasteiger partial charge is 0.507 e. The monoisotopic (exact) mass is 400 g/mol. The Morgan fingerprint density at radius 1 is 1.07 bits per heavy atom. The van der Waals surface area contributed by atoms with Crippen LogP contribution >= 0.6 is 0 Å². The number of ether oxygens (including phenoxy) is 1. The first-order valence-corrected chi connectivity index (χ1v) is 9.47. The minimum Gasteiger partial charge on any atom is -0.507 e. The third-order valence-corrected chi connectivity index (χ3v) is 5.07. The van der Waals surface area contributed by atoms with Gasteiger partial charge >= 0.3 is 0 Å². The predicted octanol–water partition coefficient (Wildman–Crippen LogP) is 3.71. The van der Waals surface area contributed by atoms with Crippen molar-refractivity contribution in [2.24, 2.45) is 0 Å². The number of methoxy groups -OCH3 is 1. The Morgan fingerprint density at radius 2 is 1.87 bits per heavy atom. The first-order valence-electron chi connectivity index (χ1n) is 9.47. The first kappa shape index (κ1) is 19.4. The average molecular weight is 400 g/mol. The molecule has 2 aromatic carbocycles. The lowest BCUT2D eigenvalue weighted by Gasteiger charge is -2.25. The summed E-state index contributed by atoms with van der Waals surface area (Å²) in [6.45, 7) is 0.186. The van der Waals surface area contributed by atoms with Crippen molar-refractivity contribution >= 4 is 17.4 Å². The zero-order chi connectivity index (χ0) is 21.1. The summed E-state index contributed by atoms with van der Waals surface area (Å²) in [5.41, 5.74) is 2.00. The summed E-state index contributed by atoms with van der Waals surface area (Å²) in [5.74, 6) is -0.980. The van der Waals surface area contributed by atoms with Gasteiger partial charge < -0.3 is 14.7 Å². The number of carbonyl (C=O) groups is 2. The normalized spacial score (nSPS) is 17.9. The van der Waals surface area contributed by atoms with Gasteiger partial charge in [-0.15, -0.1) is 0 Å². The number of amides is 1. The molecule has 3 aromatic rings. The zero-order valence-corrected chi connectivity index (χ0v) is 16.4. The van der Waals surface area contributed by atoms with E-state index < -0.39 is 17.7 Å². The molecule has 1 unspecified atom stereocenters. The van der Waals surface area contributed by atoms with Gasteiger partial charge in [-0.05, 0) is 29.3 Å². The predicted molar refractivity (Wildman–Crippen MR) is 112 cm³/mol. The van der Waals surface area contributed by atoms with Crippen LogP contribution in [-0.4, -0.2) is 33.8 Å². The van der Waals surface area contributed by atoms with Crippen LogP contribution in [0.4, 0.5) is 0 Å². The number of nitrogens with zero attached hydrogens (tertiary/aromatic N) is 2. The molecule has 0 bridgehead atoms. The van der Waals surface area contributed by atoms with Crippen LogP contribution in [0.15, 0.2) is 84.7 Å². The summed E-state index contributed by atoms with van der Waals surface area (Å²) < 4.78 is 5.33. The molecular formula is C24H20N2O4. The highest BCUT2D eigenvalue weighted by Crippen LogP contribution is 2.40. The van der Waals surface area contributed by atoms with Crippen molar-refractivity contribution < 1.29 is 19.4 Å². The number of hydrogen-bond donors (Lipinski definition) is 1. The molecule has 0 aliphatic carbocycles. The van der Waals surface area contributed by atoms with Crippen LogP contribution in [-0.2, 0) is 16.1 Å². The molecule has 30 heavy (non-hydrogen) atoms. The molecule has 1 aliphatic heterocycles. The van der Waals surface area contributed by atoms with E-state index >= 15 is 0 Å². The quantitative estimate of drug-likeness (QED) is 0.401. The van der Waals surface area contributed by atoms with Gasteiger partial charge in [-0.1, -0.05) is 48.5 Å². The molecule has 4 rings (SSSR count). The zero-order valence-electron chi connectivity index (χ0n) is 16.4. The molecule has 1 N–H and O–H groups in total. The van der Waals surface area contributed by atoms with Gasteiger partial charge in [-0.2, -0.15) is 0 Å². The Balaban J connectivity index is 1.87. The first-order chi connectivity index (χ1) is 14.6. The number of rotatable bonds is 5. The highest BCUT2D eigenvalue weighted by molar-refractivity contribution is 6.46. The molecule has 0 saturated carbocycles. The van der Waals surface area contributed by atoms with Crippen LogP contribution in [0.1, 0.15) is 22.7 Å². The number of hydrogen-bond acceptors (Lipinski definition) is 5. The van der Waals surface area contributed by atoms with E-state index in [1.54, 1.807) is 68.0 Å². The van der Waals surface area contributed by atoms with Crippen LogP contribution in [0.25, 0.3) is 5.76 Å². The number of ketones is 1. The van der Waals surface area contributed by atoms with Crippen LogP contribution in [0.2, 0.25) is 0 Å². The summed E-state index contributed by atoms with van der Waals surface area (Å²) in [6, 6.07) is 18.8. The molecule has 2 heterocycles. The van der Waals surface area contributed by atoms with E-state index in [2.05, 4.69) is 4.98 Å². The smallest absolute Gasteiger partial charge is 0.295 e. The Hall–Kier alpha value is -3.93. The third kappa shape index (κ3) is 3.55. The van der Waals surface area contributed by atoms with Crippen LogP contribution in [0.5, 0.6) is 5.75 Å². The lowest BCUT2D eigenvalue weighted by Crippen LogP contribution is -2.29. The van der Waals surface area contributed by atoms with Gasteiger partial charge in [0.25, 0.3) is 11.7 Å². The molecule has 1 amide bonds. The standard InChI is InChI=1S/C24H20N2O4/c1-30-19-11-5-10-18(13-19)21-20(22(27)17-8-3-2-4-9-17)23(28)24(29)26(21)15-16-7-6-12-25-14-16/h2-14,21,27H,15H2,1H3/b22-20-. The molecule has 1 saturated heterocycles. The van der Waals surface area contributed by atoms with Crippen molar-refractivity contribution in [1.29, 1.82) is 0 Å². The van der Waals surface area contributed by atoms with Crippen LogP contribution in [0, 0.1) is 0 Å². The number of likely N-dealkylation sites (tertiary alicyclic amines) is 1. The van der Waals surface area contributed by atoms with Gasteiger partial charge in [-0.3, -0.25) is 14.6 Å². The second kappa shape index (κ2) is 8.21. The minimum atomic E-state index is -0.750. The maximum Gasteiger partial charge on any atom is 0.295 e. The van der Waals surface area contributed by atoms with Gasteiger partial charge in [0.15, 0.2) is 0 Å². The van der Waals surface area contributed by atoms with Crippen molar-refractivity contribution in [2.75, 3.05) is 7.11 Å². The van der Waals surface area contributed by atoms with Gasteiger partial charge in [0.2, 0.25) is 0 Å². The maximum absolute atomic E-state index is 13.0. The number of carbonyl (C=O) groups excluding carboxylic acids is 2. The fourth-order valence-corrected chi connectivity index (χ4v) is 3.64. The second-order valence-electron chi connectivity index (χ2n) is 6.93. The Labute approximate surface area is 174 Å². The van der Waals surface area contributed by atoms with Crippen molar-refractivity contribution in [3.63, 3.8) is 0 Å². The number of aliphatic hydroxyl groups is 1. The molecule has 0 radical (unpaired) electrons. The summed E-state index contributed by atoms with van der Waals surface area (Å²) in [6.07, 6.45) is 3.30. The van der Waals surface area contributed by atoms with Crippen LogP contribution in [0.3, 0.4) is 0 Å². The molecule has 6 heteroatoms. The van der Waals surface area contributed by atoms with E-state index in [1.807, 2.05) is 18.2 Å². The molecule has 6 nitrogen and oxygen atoms in total. The average Bonchev–Trinajstić information content (AvgIpc) is 3.05. The fourth-order valence-electron chi connectivity index (χ4n) is 3.64. The molecule has 1 fully saturated rings. The number of aromatic nitrogens is 1. The van der Waals surface area contributed by atoms with Crippen LogP contribution < -0.4 is 4.74 Å². The van der Waals surface area contributed by atoms with Crippen molar-refractivity contribution in [2.45, 2.75) is 12.6 Å². The summed E-state index contributed by atoms with van der Waals surface area (Å²) >= 11 is 0. The van der Waals surface area contributed by atoms with E-state index in [1.165, 1.54) is 4.90 Å². The summed E-state index contributed by atoms with van der Waals surface area (Å²) in [7, 11) is 1.55. The van der Waals surface area contributed by atoms with Gasteiger partial charge in [-0.25, -0.2) is 0 Å². The molecule has 0 spiro atoms. The fraction of sp³-hybridized carbons (Fsp3) is 0.125. The second-order valence-corrected chi connectivity index (χ2v) is 6.93. The third-order valence-electron chi connectivity index (χ3n) is 5.07. The molecule has 1 aliphatic rings. The van der Waals surface area contributed by atoms with E-state index in [9.17, 15) is 14.7 Å². The molecule has 1 aromatic heterocycles. The topological polar surface area (TPSA) is 79.7 Å². The van der Waals surface area contributed by atoms with E-state index in [0.717, 1.165) is 5.56 Å². The number of Topliss-reactive ketones (excluding diaryl/α,β-unsaturated/α-hetero) is 1. The number of aliphatic hydroxyl groups excluding tert-OH is 1. The summed E-state index contributed by atoms with van der Waals surface area (Å²) in [5, 5.41) is 11.0. The Morgan fingerprint density at radius 3 is 2.57 bits per heavy atom. The number of pyridine rings is 1. The lowest BCUT2D eigenvalue weighted by molar-refractivity contribution is -0.140. The SMILES string of the molecule is COc1cccc(C2/C(=C(/O)c3ccccc3)C(=O)C(=O)N2Cc2cccnc2)c1. The lowest BCUT2D eigenvalue weighted by atomic mass is 9.95. The minimum absolute atomic E-state index is 0.0587. The van der Waals surface area contributed by atoms with E-state index in [4.69, 9.17) is 4.74 Å². The van der Waals surface area contributed by atoms with Crippen molar-refractivity contribution in [3.8, 4) is 5.75 Å². The highest BCUT2D eigenvalue weighted by Gasteiger charge is 2.46. The van der Waals surface area contributed by atoms with Gasteiger partial charge in [0, 0.05) is 24.5 Å². The molecule has 150 valence electrons. The summed E-state index contributed by atoms with van der Waals surface area (Å²) in [4.78, 5) is 31.5. The number of benzene rings is 2. The molecular weight excluding hydrogens is 380 g/mol. The van der Waals surface area contributed by atoms with Crippen molar-refractivity contribution in [1.82, 2.24) is 9.88 Å². The van der Waals surface area contributed by atoms with Gasteiger partial charge in [0.05, 0.1) is 18.7 Å². The Kier molecular flexibility index (Phi) is 5.30. The maximum atomic E-state index is 13.0. The Bertz CT molecular complexity index is 1110. The van der Waals surface area contributed by atoms with E-state index in [-0.39, 0.29) is 17.9 Å². The van der Waals surface area contributed by atoms with E-state index in [0.29, 0.717) is 16.9 Å². The molecule has 1 atom stereocenters.